The zero-order chi connectivity index (χ0) is 19.7. The number of amides is 2. The predicted octanol–water partition coefficient (Wildman–Crippen LogP) is 4.45. The number of nitrogens with one attached hydrogen (secondary N) is 2. The average molecular weight is 413 g/mol. The first kappa shape index (κ1) is 18.6. The van der Waals surface area contributed by atoms with Gasteiger partial charge in [-0.25, -0.2) is 4.68 Å². The fourth-order valence-corrected chi connectivity index (χ4v) is 3.66. The molecule has 0 aliphatic carbocycles. The van der Waals surface area contributed by atoms with Crippen LogP contribution in [0.5, 0.6) is 0 Å². The molecule has 0 saturated heterocycles. The molecule has 1 atom stereocenters. The van der Waals surface area contributed by atoms with Gasteiger partial charge in [0.2, 0.25) is 11.8 Å². The van der Waals surface area contributed by atoms with Crippen LogP contribution in [0.4, 0.5) is 11.5 Å². The van der Waals surface area contributed by atoms with Crippen molar-refractivity contribution in [3.63, 3.8) is 0 Å². The topological polar surface area (TPSA) is 76.0 Å². The molecule has 0 fully saturated rings. The summed E-state index contributed by atoms with van der Waals surface area (Å²) in [5, 5.41) is 10.9. The normalized spacial score (nSPS) is 15.6. The van der Waals surface area contributed by atoms with Crippen molar-refractivity contribution in [1.29, 1.82) is 0 Å². The SMILES string of the molecule is CSc1cccc(NC(=O)C2CC(=O)Nc3cc(-c4ccc(Cl)cc4)nn32)c1. The van der Waals surface area contributed by atoms with Crippen molar-refractivity contribution in [2.24, 2.45) is 0 Å². The quantitative estimate of drug-likeness (QED) is 0.621. The number of thioether (sulfide) groups is 1. The molecule has 28 heavy (non-hydrogen) atoms. The Labute approximate surface area is 171 Å². The molecule has 142 valence electrons. The van der Waals surface area contributed by atoms with Crippen molar-refractivity contribution < 1.29 is 9.59 Å². The fraction of sp³-hybridized carbons (Fsp3) is 0.150. The van der Waals surface area contributed by atoms with Gasteiger partial charge in [-0.15, -0.1) is 11.8 Å². The lowest BCUT2D eigenvalue weighted by molar-refractivity contribution is -0.125. The monoisotopic (exact) mass is 412 g/mol. The highest BCUT2D eigenvalue weighted by Crippen LogP contribution is 2.31. The van der Waals surface area contributed by atoms with Crippen LogP contribution < -0.4 is 10.6 Å². The molecule has 2 N–H and O–H groups in total. The molecule has 2 amide bonds. The molecular formula is C20H17ClN4O2S. The number of rotatable bonds is 4. The highest BCUT2D eigenvalue weighted by Gasteiger charge is 2.32. The Balaban J connectivity index is 1.63. The Kier molecular flexibility index (Phi) is 5.11. The third-order valence-corrected chi connectivity index (χ3v) is 5.43. The molecule has 0 saturated carbocycles. The number of fused-ring (bicyclic) bond motifs is 1. The Bertz CT molecular complexity index is 1050. The molecule has 1 aliphatic heterocycles. The van der Waals surface area contributed by atoms with Gasteiger partial charge in [-0.3, -0.25) is 9.59 Å². The summed E-state index contributed by atoms with van der Waals surface area (Å²) in [5.74, 6) is 0.00685. The van der Waals surface area contributed by atoms with Crippen molar-refractivity contribution in [2.45, 2.75) is 17.4 Å². The van der Waals surface area contributed by atoms with E-state index < -0.39 is 6.04 Å². The maximum Gasteiger partial charge on any atom is 0.249 e. The van der Waals surface area contributed by atoms with Gasteiger partial charge in [-0.2, -0.15) is 5.10 Å². The predicted molar refractivity (Wildman–Crippen MR) is 112 cm³/mol. The van der Waals surface area contributed by atoms with Gasteiger partial charge in [0.15, 0.2) is 0 Å². The molecule has 4 rings (SSSR count). The van der Waals surface area contributed by atoms with E-state index >= 15 is 0 Å². The van der Waals surface area contributed by atoms with Crippen LogP contribution >= 0.6 is 23.4 Å². The minimum absolute atomic E-state index is 0.0305. The molecule has 1 aliphatic rings. The maximum absolute atomic E-state index is 12.9. The van der Waals surface area contributed by atoms with Crippen LogP contribution in [0.1, 0.15) is 12.5 Å². The van der Waals surface area contributed by atoms with Crippen LogP contribution in [0.25, 0.3) is 11.3 Å². The molecule has 3 aromatic rings. The minimum Gasteiger partial charge on any atom is -0.324 e. The number of nitrogens with zero attached hydrogens (tertiary/aromatic N) is 2. The smallest absolute Gasteiger partial charge is 0.249 e. The zero-order valence-electron chi connectivity index (χ0n) is 15.0. The summed E-state index contributed by atoms with van der Waals surface area (Å²) in [4.78, 5) is 26.1. The number of hydrogen-bond acceptors (Lipinski definition) is 4. The molecule has 1 unspecified atom stereocenters. The van der Waals surface area contributed by atoms with Crippen molar-refractivity contribution in [3.05, 3.63) is 59.6 Å². The number of hydrogen-bond donors (Lipinski definition) is 2. The highest BCUT2D eigenvalue weighted by atomic mass is 35.5. The van der Waals surface area contributed by atoms with Gasteiger partial charge in [-0.05, 0) is 36.6 Å². The summed E-state index contributed by atoms with van der Waals surface area (Å²) in [5.41, 5.74) is 2.21. The van der Waals surface area contributed by atoms with Crippen molar-refractivity contribution in [1.82, 2.24) is 9.78 Å². The van der Waals surface area contributed by atoms with E-state index in [1.807, 2.05) is 42.7 Å². The van der Waals surface area contributed by atoms with Crippen LogP contribution in [0, 0.1) is 0 Å². The first-order valence-corrected chi connectivity index (χ1v) is 10.2. The number of carbonyl (C=O) groups is 2. The second-order valence-electron chi connectivity index (χ2n) is 6.36. The fourth-order valence-electron chi connectivity index (χ4n) is 3.07. The van der Waals surface area contributed by atoms with Crippen molar-refractivity contribution in [3.8, 4) is 11.3 Å². The third-order valence-electron chi connectivity index (χ3n) is 4.46. The van der Waals surface area contributed by atoms with Crippen LogP contribution in [0.3, 0.4) is 0 Å². The molecule has 0 bridgehead atoms. The number of halogens is 1. The Morgan fingerprint density at radius 2 is 2.04 bits per heavy atom. The summed E-state index contributed by atoms with van der Waals surface area (Å²) in [6.07, 6.45) is 2.00. The van der Waals surface area contributed by atoms with Gasteiger partial charge < -0.3 is 10.6 Å². The molecule has 6 nitrogen and oxygen atoms in total. The van der Waals surface area contributed by atoms with E-state index in [-0.39, 0.29) is 18.2 Å². The first-order chi connectivity index (χ1) is 13.5. The van der Waals surface area contributed by atoms with Gasteiger partial charge in [-0.1, -0.05) is 29.8 Å². The molecule has 0 spiro atoms. The van der Waals surface area contributed by atoms with E-state index in [0.717, 1.165) is 10.5 Å². The standard InChI is InChI=1S/C20H17ClN4O2S/c1-28-15-4-2-3-14(9-15)22-20(27)17-11-19(26)23-18-10-16(24-25(17)18)12-5-7-13(21)8-6-12/h2-10,17H,11H2,1H3,(H,22,27)(H,23,26). The van der Waals surface area contributed by atoms with Gasteiger partial charge in [0.25, 0.3) is 0 Å². The zero-order valence-corrected chi connectivity index (χ0v) is 16.6. The molecule has 2 aromatic carbocycles. The molecule has 1 aromatic heterocycles. The van der Waals surface area contributed by atoms with Crippen molar-refractivity contribution >= 4 is 46.7 Å². The summed E-state index contributed by atoms with van der Waals surface area (Å²) in [6, 6.07) is 15.9. The van der Waals surface area contributed by atoms with E-state index in [0.29, 0.717) is 22.2 Å². The molecule has 0 radical (unpaired) electrons. The summed E-state index contributed by atoms with van der Waals surface area (Å²) < 4.78 is 1.57. The average Bonchev–Trinajstić information content (AvgIpc) is 3.11. The Morgan fingerprint density at radius 1 is 1.25 bits per heavy atom. The number of benzene rings is 2. The third kappa shape index (κ3) is 3.76. The number of aromatic nitrogens is 2. The number of anilines is 2. The van der Waals surface area contributed by atoms with E-state index in [1.54, 1.807) is 34.6 Å². The van der Waals surface area contributed by atoms with Gasteiger partial charge in [0, 0.05) is 27.2 Å². The molecular weight excluding hydrogens is 396 g/mol. The largest absolute Gasteiger partial charge is 0.324 e. The van der Waals surface area contributed by atoms with Crippen LogP contribution in [0.15, 0.2) is 59.5 Å². The Morgan fingerprint density at radius 3 is 2.79 bits per heavy atom. The maximum atomic E-state index is 12.9. The lowest BCUT2D eigenvalue weighted by Gasteiger charge is -2.23. The van der Waals surface area contributed by atoms with Crippen LogP contribution in [0.2, 0.25) is 5.02 Å². The highest BCUT2D eigenvalue weighted by molar-refractivity contribution is 7.98. The van der Waals surface area contributed by atoms with Gasteiger partial charge in [0.05, 0.1) is 12.1 Å². The number of carbonyl (C=O) groups excluding carboxylic acids is 2. The summed E-state index contributed by atoms with van der Waals surface area (Å²) >= 11 is 7.54. The molecule has 8 heteroatoms. The van der Waals surface area contributed by atoms with E-state index in [9.17, 15) is 9.59 Å². The van der Waals surface area contributed by atoms with Crippen LogP contribution in [-0.4, -0.2) is 27.9 Å². The summed E-state index contributed by atoms with van der Waals surface area (Å²) in [7, 11) is 0. The van der Waals surface area contributed by atoms with E-state index in [2.05, 4.69) is 15.7 Å². The molecule has 2 heterocycles. The lowest BCUT2D eigenvalue weighted by Crippen LogP contribution is -2.35. The van der Waals surface area contributed by atoms with Crippen LogP contribution in [-0.2, 0) is 9.59 Å². The lowest BCUT2D eigenvalue weighted by atomic mass is 10.1. The second kappa shape index (κ2) is 7.69. The minimum atomic E-state index is -0.720. The Hall–Kier alpha value is -2.77. The van der Waals surface area contributed by atoms with Crippen molar-refractivity contribution in [2.75, 3.05) is 16.9 Å². The van der Waals surface area contributed by atoms with E-state index in [1.165, 1.54) is 0 Å². The van der Waals surface area contributed by atoms with E-state index in [4.69, 9.17) is 11.6 Å². The first-order valence-electron chi connectivity index (χ1n) is 8.64. The second-order valence-corrected chi connectivity index (χ2v) is 7.67. The van der Waals surface area contributed by atoms with Gasteiger partial charge in [0.1, 0.15) is 11.9 Å². The summed E-state index contributed by atoms with van der Waals surface area (Å²) in [6.45, 7) is 0. The van der Waals surface area contributed by atoms with Gasteiger partial charge >= 0.3 is 0 Å².